The molecule has 1 atom stereocenters. The Kier molecular flexibility index (Phi) is 7.18. The second-order valence-electron chi connectivity index (χ2n) is 9.34. The van der Waals surface area contributed by atoms with Crippen LogP contribution in [0, 0.1) is 6.92 Å². The lowest BCUT2D eigenvalue weighted by Gasteiger charge is -2.33. The van der Waals surface area contributed by atoms with Crippen LogP contribution in [0.5, 0.6) is 11.5 Å². The lowest BCUT2D eigenvalue weighted by atomic mass is 9.91. The number of fused-ring (bicyclic) bond motifs is 3. The number of aryl methyl sites for hydroxylation is 2. The van der Waals surface area contributed by atoms with Crippen molar-refractivity contribution in [2.75, 3.05) is 20.3 Å². The van der Waals surface area contributed by atoms with Gasteiger partial charge in [-0.2, -0.15) is 0 Å². The number of rotatable bonds is 9. The third kappa shape index (κ3) is 5.52. The first-order valence-corrected chi connectivity index (χ1v) is 11.6. The Bertz CT molecular complexity index is 1260. The molecule has 1 amide bonds. The third-order valence-electron chi connectivity index (χ3n) is 6.17. The van der Waals surface area contributed by atoms with E-state index in [9.17, 15) is 14.7 Å². The standard InChI is InChI=1S/C26H31NO8/c1-15-19(10-22(29)27-12-16(28)13-32-14-17-6-5-9-33-17)25(30)34-24-18-7-8-26(2,3)35-20(18)11-21(31-4)23(15)24/h5-6,9,11,16,28H,7-8,10,12-14H2,1-4H3,(H,27,29). The topological polar surface area (TPSA) is 120 Å². The molecule has 9 nitrogen and oxygen atoms in total. The molecular formula is C26H31NO8. The highest BCUT2D eigenvalue weighted by molar-refractivity contribution is 5.93. The van der Waals surface area contributed by atoms with Gasteiger partial charge in [-0.25, -0.2) is 4.79 Å². The van der Waals surface area contributed by atoms with Gasteiger partial charge in [-0.05, 0) is 51.3 Å². The molecule has 2 aromatic heterocycles. The summed E-state index contributed by atoms with van der Waals surface area (Å²) in [6.07, 6.45) is 1.93. The molecule has 1 unspecified atom stereocenters. The van der Waals surface area contributed by atoms with Crippen molar-refractivity contribution in [1.82, 2.24) is 5.32 Å². The average Bonchev–Trinajstić information content (AvgIpc) is 3.32. The summed E-state index contributed by atoms with van der Waals surface area (Å²) in [4.78, 5) is 25.5. The molecule has 0 saturated heterocycles. The van der Waals surface area contributed by atoms with E-state index in [1.807, 2.05) is 19.9 Å². The predicted octanol–water partition coefficient (Wildman–Crippen LogP) is 3.04. The fourth-order valence-corrected chi connectivity index (χ4v) is 4.25. The van der Waals surface area contributed by atoms with Crippen LogP contribution in [0.15, 0.2) is 38.1 Å². The number of benzene rings is 1. The molecule has 0 radical (unpaired) electrons. The molecule has 2 N–H and O–H groups in total. The zero-order chi connectivity index (χ0) is 25.2. The molecule has 188 valence electrons. The molecular weight excluding hydrogens is 454 g/mol. The number of carbonyl (C=O) groups excluding carboxylic acids is 1. The van der Waals surface area contributed by atoms with Gasteiger partial charge in [0.15, 0.2) is 0 Å². The number of methoxy groups -OCH3 is 1. The van der Waals surface area contributed by atoms with Gasteiger partial charge in [-0.15, -0.1) is 0 Å². The molecule has 3 heterocycles. The molecule has 3 aromatic rings. The summed E-state index contributed by atoms with van der Waals surface area (Å²) in [6, 6.07) is 5.33. The Hall–Kier alpha value is -3.30. The van der Waals surface area contributed by atoms with Crippen LogP contribution in [-0.4, -0.2) is 43.0 Å². The van der Waals surface area contributed by atoms with E-state index >= 15 is 0 Å². The van der Waals surface area contributed by atoms with Crippen LogP contribution in [0.3, 0.4) is 0 Å². The monoisotopic (exact) mass is 485 g/mol. The van der Waals surface area contributed by atoms with Crippen molar-refractivity contribution in [3.8, 4) is 11.5 Å². The SMILES string of the molecule is COc1cc2c(c3oc(=O)c(CC(=O)NCC(O)COCc4ccco4)c(C)c13)CCC(C)(C)O2. The molecule has 0 fully saturated rings. The lowest BCUT2D eigenvalue weighted by molar-refractivity contribution is -0.121. The number of nitrogens with one attached hydrogen (secondary N) is 1. The number of furan rings is 1. The molecule has 0 spiro atoms. The van der Waals surface area contributed by atoms with Crippen LogP contribution in [-0.2, 0) is 29.0 Å². The van der Waals surface area contributed by atoms with Crippen molar-refractivity contribution in [1.29, 1.82) is 0 Å². The van der Waals surface area contributed by atoms with Gasteiger partial charge in [0.1, 0.15) is 35.1 Å². The molecule has 1 aliphatic rings. The van der Waals surface area contributed by atoms with Crippen molar-refractivity contribution in [3.63, 3.8) is 0 Å². The maximum atomic E-state index is 12.9. The van der Waals surface area contributed by atoms with Crippen molar-refractivity contribution in [3.05, 3.63) is 57.3 Å². The number of hydrogen-bond donors (Lipinski definition) is 2. The number of aliphatic hydroxyl groups is 1. The van der Waals surface area contributed by atoms with Crippen molar-refractivity contribution < 1.29 is 32.9 Å². The van der Waals surface area contributed by atoms with E-state index < -0.39 is 17.6 Å². The van der Waals surface area contributed by atoms with E-state index in [0.717, 1.165) is 12.0 Å². The maximum absolute atomic E-state index is 12.9. The number of aliphatic hydroxyl groups excluding tert-OH is 1. The van der Waals surface area contributed by atoms with Gasteiger partial charge in [0.2, 0.25) is 5.91 Å². The Morgan fingerprint density at radius 3 is 2.86 bits per heavy atom. The average molecular weight is 486 g/mol. The summed E-state index contributed by atoms with van der Waals surface area (Å²) in [7, 11) is 1.54. The first kappa shape index (κ1) is 24.8. The van der Waals surface area contributed by atoms with Crippen LogP contribution in [0.2, 0.25) is 0 Å². The second-order valence-corrected chi connectivity index (χ2v) is 9.34. The van der Waals surface area contributed by atoms with Crippen molar-refractivity contribution in [2.45, 2.75) is 58.3 Å². The molecule has 9 heteroatoms. The largest absolute Gasteiger partial charge is 0.496 e. The van der Waals surface area contributed by atoms with Gasteiger partial charge in [-0.1, -0.05) is 0 Å². The number of ether oxygens (including phenoxy) is 3. The van der Waals surface area contributed by atoms with E-state index in [1.54, 1.807) is 32.4 Å². The van der Waals surface area contributed by atoms with E-state index in [-0.39, 0.29) is 37.3 Å². The fraction of sp³-hybridized carbons (Fsp3) is 0.462. The van der Waals surface area contributed by atoms with Gasteiger partial charge in [0, 0.05) is 18.2 Å². The molecule has 0 aliphatic carbocycles. The molecule has 35 heavy (non-hydrogen) atoms. The number of hydrogen-bond acceptors (Lipinski definition) is 8. The summed E-state index contributed by atoms with van der Waals surface area (Å²) in [5.41, 5.74) is 1.23. The highest BCUT2D eigenvalue weighted by Gasteiger charge is 2.31. The van der Waals surface area contributed by atoms with E-state index in [2.05, 4.69) is 5.32 Å². The van der Waals surface area contributed by atoms with Crippen molar-refractivity contribution in [2.24, 2.45) is 0 Å². The summed E-state index contributed by atoms with van der Waals surface area (Å²) in [5.74, 6) is 1.39. The Morgan fingerprint density at radius 2 is 2.14 bits per heavy atom. The molecule has 4 rings (SSSR count). The first-order chi connectivity index (χ1) is 16.7. The van der Waals surface area contributed by atoms with Gasteiger partial charge in [-0.3, -0.25) is 4.79 Å². The Balaban J connectivity index is 1.47. The third-order valence-corrected chi connectivity index (χ3v) is 6.17. The van der Waals surface area contributed by atoms with Crippen molar-refractivity contribution >= 4 is 16.9 Å². The minimum atomic E-state index is -0.904. The van der Waals surface area contributed by atoms with Crippen LogP contribution >= 0.6 is 0 Å². The Morgan fingerprint density at radius 1 is 1.34 bits per heavy atom. The smallest absolute Gasteiger partial charge is 0.340 e. The van der Waals surface area contributed by atoms with Crippen LogP contribution in [0.1, 0.15) is 42.7 Å². The minimum Gasteiger partial charge on any atom is -0.496 e. The highest BCUT2D eigenvalue weighted by Crippen LogP contribution is 2.43. The predicted molar refractivity (Wildman–Crippen MR) is 128 cm³/mol. The minimum absolute atomic E-state index is 0.0150. The van der Waals surface area contributed by atoms with Gasteiger partial charge < -0.3 is 33.5 Å². The quantitative estimate of drug-likeness (QED) is 0.444. The first-order valence-electron chi connectivity index (χ1n) is 11.6. The zero-order valence-corrected chi connectivity index (χ0v) is 20.4. The molecule has 1 aliphatic heterocycles. The van der Waals surface area contributed by atoms with Gasteiger partial charge >= 0.3 is 5.63 Å². The van der Waals surface area contributed by atoms with Crippen LogP contribution in [0.25, 0.3) is 11.0 Å². The highest BCUT2D eigenvalue weighted by atomic mass is 16.5. The van der Waals surface area contributed by atoms with Gasteiger partial charge in [0.25, 0.3) is 0 Å². The maximum Gasteiger partial charge on any atom is 0.340 e. The summed E-state index contributed by atoms with van der Waals surface area (Å²) >= 11 is 0. The number of amides is 1. The van der Waals surface area contributed by atoms with E-state index in [0.29, 0.717) is 40.2 Å². The number of carbonyl (C=O) groups is 1. The normalized spacial score (nSPS) is 15.3. The summed E-state index contributed by atoms with van der Waals surface area (Å²) < 4.78 is 28.0. The summed E-state index contributed by atoms with van der Waals surface area (Å²) in [6.45, 7) is 6.04. The second kappa shape index (κ2) is 10.1. The Labute approximate surface area is 203 Å². The molecule has 0 saturated carbocycles. The van der Waals surface area contributed by atoms with E-state index in [4.69, 9.17) is 23.0 Å². The zero-order valence-electron chi connectivity index (χ0n) is 20.4. The lowest BCUT2D eigenvalue weighted by Crippen LogP contribution is -2.36. The van der Waals surface area contributed by atoms with Crippen LogP contribution in [0.4, 0.5) is 0 Å². The van der Waals surface area contributed by atoms with Gasteiger partial charge in [0.05, 0.1) is 43.5 Å². The molecule has 0 bridgehead atoms. The fourth-order valence-electron chi connectivity index (χ4n) is 4.25. The summed E-state index contributed by atoms with van der Waals surface area (Å²) in [5, 5.41) is 13.4. The van der Waals surface area contributed by atoms with E-state index in [1.165, 1.54) is 0 Å². The van der Waals surface area contributed by atoms with Crippen LogP contribution < -0.4 is 20.4 Å². The molecule has 1 aromatic carbocycles.